The Hall–Kier alpha value is -0.830. The largest absolute Gasteiger partial charge is 0.466 e. The van der Waals surface area contributed by atoms with E-state index in [-0.39, 0.29) is 5.97 Å². The molecule has 0 aliphatic carbocycles. The molecule has 0 saturated heterocycles. The maximum absolute atomic E-state index is 11.1. The molecule has 1 rings (SSSR count). The van der Waals surface area contributed by atoms with Gasteiger partial charge in [-0.15, -0.1) is 0 Å². The summed E-state index contributed by atoms with van der Waals surface area (Å²) in [5.74, 6) is -0.185. The average molecular weight is 169 g/mol. The van der Waals surface area contributed by atoms with E-state index in [1.54, 1.807) is 0 Å². The molecule has 0 aromatic carbocycles. The normalized spacial score (nSPS) is 23.2. The smallest absolute Gasteiger partial charge is 0.333 e. The van der Waals surface area contributed by atoms with Gasteiger partial charge in [0.15, 0.2) is 0 Å². The van der Waals surface area contributed by atoms with E-state index < -0.39 is 0 Å². The van der Waals surface area contributed by atoms with Gasteiger partial charge >= 0.3 is 5.97 Å². The Kier molecular flexibility index (Phi) is 3.29. The lowest BCUT2D eigenvalue weighted by atomic mass is 10.0. The van der Waals surface area contributed by atoms with Crippen molar-refractivity contribution in [2.75, 3.05) is 13.7 Å². The van der Waals surface area contributed by atoms with E-state index in [4.69, 9.17) is 0 Å². The topological polar surface area (TPSA) is 38.3 Å². The molecular formula is C9H15NO2. The number of ether oxygens (including phenoxy) is 1. The number of esters is 1. The molecule has 68 valence electrons. The van der Waals surface area contributed by atoms with E-state index in [9.17, 15) is 4.79 Å². The van der Waals surface area contributed by atoms with Crippen LogP contribution in [0.3, 0.4) is 0 Å². The third-order valence-corrected chi connectivity index (χ3v) is 2.09. The summed E-state index contributed by atoms with van der Waals surface area (Å²) in [6.45, 7) is 2.97. The van der Waals surface area contributed by atoms with E-state index in [0.29, 0.717) is 6.04 Å². The zero-order valence-electron chi connectivity index (χ0n) is 7.59. The van der Waals surface area contributed by atoms with Gasteiger partial charge < -0.3 is 10.1 Å². The van der Waals surface area contributed by atoms with Crippen LogP contribution < -0.4 is 5.32 Å². The van der Waals surface area contributed by atoms with E-state index in [1.807, 2.05) is 6.08 Å². The first kappa shape index (κ1) is 9.26. The predicted molar refractivity (Wildman–Crippen MR) is 46.8 cm³/mol. The van der Waals surface area contributed by atoms with E-state index in [2.05, 4.69) is 17.0 Å². The molecule has 0 aromatic rings. The molecule has 1 atom stereocenters. The summed E-state index contributed by atoms with van der Waals surface area (Å²) in [7, 11) is 1.42. The van der Waals surface area contributed by atoms with Crippen LogP contribution in [0, 0.1) is 0 Å². The summed E-state index contributed by atoms with van der Waals surface area (Å²) >= 11 is 0. The van der Waals surface area contributed by atoms with Crippen LogP contribution in [0.25, 0.3) is 0 Å². The lowest BCUT2D eigenvalue weighted by molar-refractivity contribution is -0.136. The number of hydrogen-bond acceptors (Lipinski definition) is 3. The summed E-state index contributed by atoms with van der Waals surface area (Å²) in [5.41, 5.74) is 0.808. The Bertz CT molecular complexity index is 199. The van der Waals surface area contributed by atoms with Gasteiger partial charge in [0.2, 0.25) is 0 Å². The van der Waals surface area contributed by atoms with Gasteiger partial charge in [-0.1, -0.05) is 13.0 Å². The Morgan fingerprint density at radius 1 is 1.83 bits per heavy atom. The van der Waals surface area contributed by atoms with Gasteiger partial charge in [0.1, 0.15) is 0 Å². The van der Waals surface area contributed by atoms with Crippen LogP contribution in [0.2, 0.25) is 0 Å². The zero-order chi connectivity index (χ0) is 8.97. The van der Waals surface area contributed by atoms with Gasteiger partial charge in [-0.2, -0.15) is 0 Å². The monoisotopic (exact) mass is 169 g/mol. The highest BCUT2D eigenvalue weighted by atomic mass is 16.5. The lowest BCUT2D eigenvalue weighted by Gasteiger charge is -2.20. The minimum absolute atomic E-state index is 0.185. The fourth-order valence-electron chi connectivity index (χ4n) is 1.34. The first-order valence-electron chi connectivity index (χ1n) is 4.30. The first-order chi connectivity index (χ1) is 5.77. The SMILES string of the molecule is CCC1C=C(C(=O)OC)CCN1. The molecule has 0 fully saturated rings. The van der Waals surface area contributed by atoms with Crippen molar-refractivity contribution in [1.82, 2.24) is 5.32 Å². The van der Waals surface area contributed by atoms with Crippen molar-refractivity contribution in [2.24, 2.45) is 0 Å². The van der Waals surface area contributed by atoms with Crippen molar-refractivity contribution in [2.45, 2.75) is 25.8 Å². The summed E-state index contributed by atoms with van der Waals surface area (Å²) in [4.78, 5) is 11.1. The fourth-order valence-corrected chi connectivity index (χ4v) is 1.34. The Morgan fingerprint density at radius 3 is 3.17 bits per heavy atom. The molecule has 0 aromatic heterocycles. The molecule has 1 heterocycles. The molecule has 1 N–H and O–H groups in total. The minimum Gasteiger partial charge on any atom is -0.466 e. The molecule has 1 unspecified atom stereocenters. The quantitative estimate of drug-likeness (QED) is 0.623. The summed E-state index contributed by atoms with van der Waals surface area (Å²) < 4.78 is 4.65. The van der Waals surface area contributed by atoms with Gasteiger partial charge in [0.05, 0.1) is 7.11 Å². The van der Waals surface area contributed by atoms with Crippen LogP contribution in [0.1, 0.15) is 19.8 Å². The third kappa shape index (κ3) is 2.08. The molecule has 1 aliphatic rings. The Morgan fingerprint density at radius 2 is 2.58 bits per heavy atom. The van der Waals surface area contributed by atoms with Crippen molar-refractivity contribution in [1.29, 1.82) is 0 Å². The van der Waals surface area contributed by atoms with Gasteiger partial charge in [-0.3, -0.25) is 0 Å². The van der Waals surface area contributed by atoms with Crippen LogP contribution in [0.4, 0.5) is 0 Å². The van der Waals surface area contributed by atoms with Crippen LogP contribution >= 0.6 is 0 Å². The fraction of sp³-hybridized carbons (Fsp3) is 0.667. The first-order valence-corrected chi connectivity index (χ1v) is 4.30. The third-order valence-electron chi connectivity index (χ3n) is 2.09. The molecule has 0 amide bonds. The molecule has 3 nitrogen and oxygen atoms in total. The Labute approximate surface area is 72.8 Å². The summed E-state index contributed by atoms with van der Waals surface area (Å²) in [5, 5.41) is 3.29. The number of carbonyl (C=O) groups excluding carboxylic acids is 1. The van der Waals surface area contributed by atoms with E-state index in [0.717, 1.165) is 25.0 Å². The number of nitrogens with one attached hydrogen (secondary N) is 1. The van der Waals surface area contributed by atoms with Gasteiger partial charge in [-0.05, 0) is 19.4 Å². The van der Waals surface area contributed by atoms with E-state index >= 15 is 0 Å². The molecule has 1 aliphatic heterocycles. The highest BCUT2D eigenvalue weighted by Gasteiger charge is 2.16. The molecule has 0 spiro atoms. The Balaban J connectivity index is 2.63. The average Bonchev–Trinajstić information content (AvgIpc) is 2.17. The maximum Gasteiger partial charge on any atom is 0.333 e. The molecule has 0 bridgehead atoms. The molecule has 3 heteroatoms. The molecular weight excluding hydrogens is 154 g/mol. The van der Waals surface area contributed by atoms with Crippen LogP contribution in [0.5, 0.6) is 0 Å². The van der Waals surface area contributed by atoms with Crippen molar-refractivity contribution < 1.29 is 9.53 Å². The summed E-state index contributed by atoms with van der Waals surface area (Å²) in [6, 6.07) is 0.341. The predicted octanol–water partition coefficient (Wildman–Crippen LogP) is 0.858. The number of methoxy groups -OCH3 is 1. The second-order valence-corrected chi connectivity index (χ2v) is 2.90. The van der Waals surface area contributed by atoms with Crippen molar-refractivity contribution >= 4 is 5.97 Å². The maximum atomic E-state index is 11.1. The molecule has 12 heavy (non-hydrogen) atoms. The van der Waals surface area contributed by atoms with Crippen molar-refractivity contribution in [3.8, 4) is 0 Å². The highest BCUT2D eigenvalue weighted by Crippen LogP contribution is 2.11. The van der Waals surface area contributed by atoms with Crippen molar-refractivity contribution in [3.05, 3.63) is 11.6 Å². The minimum atomic E-state index is -0.185. The van der Waals surface area contributed by atoms with Crippen LogP contribution in [0.15, 0.2) is 11.6 Å². The zero-order valence-corrected chi connectivity index (χ0v) is 7.59. The highest BCUT2D eigenvalue weighted by molar-refractivity contribution is 5.88. The van der Waals surface area contributed by atoms with Gasteiger partial charge in [-0.25, -0.2) is 4.79 Å². The standard InChI is InChI=1S/C9H15NO2/c1-3-8-6-7(4-5-10-8)9(11)12-2/h6,8,10H,3-5H2,1-2H3. The van der Waals surface area contributed by atoms with Gasteiger partial charge in [0, 0.05) is 11.6 Å². The van der Waals surface area contributed by atoms with Gasteiger partial charge in [0.25, 0.3) is 0 Å². The van der Waals surface area contributed by atoms with Crippen molar-refractivity contribution in [3.63, 3.8) is 0 Å². The molecule has 0 radical (unpaired) electrons. The second-order valence-electron chi connectivity index (χ2n) is 2.90. The lowest BCUT2D eigenvalue weighted by Crippen LogP contribution is -2.33. The second kappa shape index (κ2) is 4.26. The number of carbonyl (C=O) groups is 1. The number of rotatable bonds is 2. The summed E-state index contributed by atoms with van der Waals surface area (Å²) in [6.07, 6.45) is 3.76. The van der Waals surface area contributed by atoms with Crippen LogP contribution in [-0.2, 0) is 9.53 Å². The van der Waals surface area contributed by atoms with E-state index in [1.165, 1.54) is 7.11 Å². The molecule has 0 saturated carbocycles. The number of hydrogen-bond donors (Lipinski definition) is 1. The van der Waals surface area contributed by atoms with Crippen LogP contribution in [-0.4, -0.2) is 25.7 Å².